The molecular weight excluding hydrogens is 247 g/mol. The molecule has 3 N–H and O–H groups in total. The van der Waals surface area contributed by atoms with Crippen molar-refractivity contribution in [3.05, 3.63) is 24.0 Å². The molecule has 0 saturated carbocycles. The van der Waals surface area contributed by atoms with Gasteiger partial charge in [0.2, 0.25) is 10.0 Å². The molecule has 96 valence electrons. The van der Waals surface area contributed by atoms with Gasteiger partial charge in [-0.15, -0.1) is 0 Å². The molecule has 0 aliphatic carbocycles. The zero-order chi connectivity index (χ0) is 13.1. The molecule has 1 aromatic carbocycles. The Morgan fingerprint density at radius 1 is 1.53 bits per heavy atom. The van der Waals surface area contributed by atoms with E-state index < -0.39 is 21.9 Å². The molecule has 0 spiro atoms. The van der Waals surface area contributed by atoms with Gasteiger partial charge in [-0.05, 0) is 25.1 Å². The van der Waals surface area contributed by atoms with Crippen molar-refractivity contribution < 1.29 is 17.5 Å². The molecule has 5 nitrogen and oxygen atoms in total. The van der Waals surface area contributed by atoms with Crippen LogP contribution in [0.25, 0.3) is 0 Å². The van der Waals surface area contributed by atoms with Crippen molar-refractivity contribution in [1.29, 1.82) is 0 Å². The number of ether oxygens (including phenoxy) is 1. The Balaban J connectivity index is 3.04. The van der Waals surface area contributed by atoms with E-state index in [0.717, 1.165) is 6.07 Å². The number of rotatable bonds is 5. The molecule has 1 aromatic rings. The highest BCUT2D eigenvalue weighted by Gasteiger charge is 2.18. The first-order valence-electron chi connectivity index (χ1n) is 4.96. The van der Waals surface area contributed by atoms with E-state index in [-0.39, 0.29) is 17.2 Å². The van der Waals surface area contributed by atoms with Gasteiger partial charge < -0.3 is 10.5 Å². The Morgan fingerprint density at radius 3 is 2.65 bits per heavy atom. The van der Waals surface area contributed by atoms with Gasteiger partial charge in [0.25, 0.3) is 0 Å². The van der Waals surface area contributed by atoms with Crippen LogP contribution in [0.5, 0.6) is 5.75 Å². The van der Waals surface area contributed by atoms with Gasteiger partial charge in [0.15, 0.2) is 11.6 Å². The van der Waals surface area contributed by atoms with E-state index in [0.29, 0.717) is 0 Å². The maximum Gasteiger partial charge on any atom is 0.240 e. The number of benzene rings is 1. The van der Waals surface area contributed by atoms with Gasteiger partial charge in [0.1, 0.15) is 0 Å². The molecule has 0 aliphatic rings. The topological polar surface area (TPSA) is 81.4 Å². The molecule has 0 heterocycles. The van der Waals surface area contributed by atoms with Crippen molar-refractivity contribution in [2.24, 2.45) is 5.73 Å². The van der Waals surface area contributed by atoms with Crippen LogP contribution in [0.4, 0.5) is 4.39 Å². The SMILES string of the molecule is COc1ccc(S(=O)(=O)N[C@H](C)CN)cc1F. The lowest BCUT2D eigenvalue weighted by Gasteiger charge is -2.12. The van der Waals surface area contributed by atoms with Gasteiger partial charge in [0, 0.05) is 12.6 Å². The van der Waals surface area contributed by atoms with Crippen LogP contribution in [0, 0.1) is 5.82 Å². The molecule has 0 aliphatic heterocycles. The standard InChI is InChI=1S/C10H15FN2O3S/c1-7(6-12)13-17(14,15)8-3-4-10(16-2)9(11)5-8/h3-5,7,13H,6,12H2,1-2H3/t7-/m1/s1. The van der Waals surface area contributed by atoms with Gasteiger partial charge in [-0.3, -0.25) is 0 Å². The molecule has 0 fully saturated rings. The smallest absolute Gasteiger partial charge is 0.240 e. The van der Waals surface area contributed by atoms with Crippen LogP contribution in [0.15, 0.2) is 23.1 Å². The first-order valence-corrected chi connectivity index (χ1v) is 6.45. The highest BCUT2D eigenvalue weighted by Crippen LogP contribution is 2.20. The summed E-state index contributed by atoms with van der Waals surface area (Å²) in [6, 6.07) is 3.03. The predicted molar refractivity (Wildman–Crippen MR) is 61.8 cm³/mol. The Hall–Kier alpha value is -1.18. The third kappa shape index (κ3) is 3.39. The van der Waals surface area contributed by atoms with Crippen LogP contribution in [0.2, 0.25) is 0 Å². The van der Waals surface area contributed by atoms with E-state index in [1.165, 1.54) is 19.2 Å². The zero-order valence-electron chi connectivity index (χ0n) is 9.60. The van der Waals surface area contributed by atoms with E-state index in [9.17, 15) is 12.8 Å². The van der Waals surface area contributed by atoms with Gasteiger partial charge in [0.05, 0.1) is 12.0 Å². The molecule has 0 unspecified atom stereocenters. The first kappa shape index (κ1) is 13.9. The summed E-state index contributed by atoms with van der Waals surface area (Å²) in [5, 5.41) is 0. The molecule has 0 saturated heterocycles. The number of methoxy groups -OCH3 is 1. The lowest BCUT2D eigenvalue weighted by atomic mass is 10.3. The summed E-state index contributed by atoms with van der Waals surface area (Å²) in [6.45, 7) is 1.79. The van der Waals surface area contributed by atoms with E-state index >= 15 is 0 Å². The van der Waals surface area contributed by atoms with Crippen LogP contribution in [0.1, 0.15) is 6.92 Å². The second kappa shape index (κ2) is 5.44. The minimum atomic E-state index is -3.74. The summed E-state index contributed by atoms with van der Waals surface area (Å²) in [4.78, 5) is -0.156. The van der Waals surface area contributed by atoms with Crippen molar-refractivity contribution >= 4 is 10.0 Å². The number of sulfonamides is 1. The Kier molecular flexibility index (Phi) is 4.44. The quantitative estimate of drug-likeness (QED) is 0.807. The lowest BCUT2D eigenvalue weighted by Crippen LogP contribution is -2.37. The van der Waals surface area contributed by atoms with Gasteiger partial charge in [-0.1, -0.05) is 0 Å². The fourth-order valence-corrected chi connectivity index (χ4v) is 2.46. The highest BCUT2D eigenvalue weighted by molar-refractivity contribution is 7.89. The fourth-order valence-electron chi connectivity index (χ4n) is 1.20. The summed E-state index contributed by atoms with van der Waals surface area (Å²) in [6.07, 6.45) is 0. The van der Waals surface area contributed by atoms with Crippen molar-refractivity contribution in [3.8, 4) is 5.75 Å². The number of hydrogen-bond donors (Lipinski definition) is 2. The number of nitrogens with one attached hydrogen (secondary N) is 1. The Labute approximate surface area is 99.8 Å². The maximum absolute atomic E-state index is 13.4. The van der Waals surface area contributed by atoms with Crippen LogP contribution in [-0.4, -0.2) is 28.1 Å². The molecule has 0 amide bonds. The normalized spacial score (nSPS) is 13.4. The van der Waals surface area contributed by atoms with E-state index in [1.807, 2.05) is 0 Å². The predicted octanol–water partition coefficient (Wildman–Crippen LogP) is 0.460. The van der Waals surface area contributed by atoms with E-state index in [2.05, 4.69) is 4.72 Å². The minimum Gasteiger partial charge on any atom is -0.494 e. The van der Waals surface area contributed by atoms with Crippen molar-refractivity contribution in [2.45, 2.75) is 17.9 Å². The summed E-state index contributed by atoms with van der Waals surface area (Å²) in [5.41, 5.74) is 5.31. The highest BCUT2D eigenvalue weighted by atomic mass is 32.2. The number of halogens is 1. The van der Waals surface area contributed by atoms with Crippen molar-refractivity contribution in [3.63, 3.8) is 0 Å². The van der Waals surface area contributed by atoms with Gasteiger partial charge in [-0.2, -0.15) is 0 Å². The third-order valence-corrected chi connectivity index (χ3v) is 3.73. The van der Waals surface area contributed by atoms with Crippen LogP contribution >= 0.6 is 0 Å². The molecule has 0 radical (unpaired) electrons. The second-order valence-corrected chi connectivity index (χ2v) is 5.27. The van der Waals surface area contributed by atoms with Crippen LogP contribution in [0.3, 0.4) is 0 Å². The minimum absolute atomic E-state index is 0.00387. The largest absolute Gasteiger partial charge is 0.494 e. The Morgan fingerprint density at radius 2 is 2.18 bits per heavy atom. The van der Waals surface area contributed by atoms with Crippen LogP contribution < -0.4 is 15.2 Å². The summed E-state index contributed by atoms with van der Waals surface area (Å²) < 4.78 is 43.9. The Bertz CT molecular complexity index is 490. The lowest BCUT2D eigenvalue weighted by molar-refractivity contribution is 0.385. The summed E-state index contributed by atoms with van der Waals surface area (Å²) >= 11 is 0. The summed E-state index contributed by atoms with van der Waals surface area (Å²) in [7, 11) is -2.44. The van der Waals surface area contributed by atoms with E-state index in [1.54, 1.807) is 6.92 Å². The average Bonchev–Trinajstić information content (AvgIpc) is 2.28. The van der Waals surface area contributed by atoms with E-state index in [4.69, 9.17) is 10.5 Å². The summed E-state index contributed by atoms with van der Waals surface area (Å²) in [5.74, 6) is -0.730. The molecule has 1 rings (SSSR count). The monoisotopic (exact) mass is 262 g/mol. The molecule has 0 aromatic heterocycles. The first-order chi connectivity index (χ1) is 7.90. The van der Waals surface area contributed by atoms with Crippen molar-refractivity contribution in [1.82, 2.24) is 4.72 Å². The zero-order valence-corrected chi connectivity index (χ0v) is 10.4. The molecular formula is C10H15FN2O3S. The molecule has 17 heavy (non-hydrogen) atoms. The fraction of sp³-hybridized carbons (Fsp3) is 0.400. The molecule has 0 bridgehead atoms. The molecule has 1 atom stereocenters. The van der Waals surface area contributed by atoms with Crippen LogP contribution in [-0.2, 0) is 10.0 Å². The number of hydrogen-bond acceptors (Lipinski definition) is 4. The maximum atomic E-state index is 13.4. The van der Waals surface area contributed by atoms with Gasteiger partial charge >= 0.3 is 0 Å². The molecule has 7 heteroatoms. The average molecular weight is 262 g/mol. The number of nitrogens with two attached hydrogens (primary N) is 1. The van der Waals surface area contributed by atoms with Crippen molar-refractivity contribution in [2.75, 3.05) is 13.7 Å². The third-order valence-electron chi connectivity index (χ3n) is 2.14. The second-order valence-electron chi connectivity index (χ2n) is 3.55. The van der Waals surface area contributed by atoms with Gasteiger partial charge in [-0.25, -0.2) is 17.5 Å².